The Hall–Kier alpha value is -3.04. The van der Waals surface area contributed by atoms with Gasteiger partial charge in [-0.1, -0.05) is 0 Å². The zero-order valence-electron chi connectivity index (χ0n) is 21.3. The fourth-order valence-electron chi connectivity index (χ4n) is 3.32. The van der Waals surface area contributed by atoms with E-state index >= 15 is 0 Å². The molecule has 0 saturated carbocycles. The van der Waals surface area contributed by atoms with Gasteiger partial charge in [-0.05, 0) is 58.9 Å². The Morgan fingerprint density at radius 2 is 1.11 bits per heavy atom. The maximum Gasteiger partial charge on any atom is 0.108 e. The van der Waals surface area contributed by atoms with E-state index in [2.05, 4.69) is 10.4 Å². The Kier molecular flexibility index (Phi) is 18.2. The minimum absolute atomic E-state index is 0.000297. The molecule has 13 nitrogen and oxygen atoms in total. The molecule has 1 unspecified atom stereocenters. The molecule has 38 heavy (non-hydrogen) atoms. The Morgan fingerprint density at radius 3 is 1.58 bits per heavy atom. The highest BCUT2D eigenvalue weighted by atomic mass is 16.5. The average molecular weight is 539 g/mol. The number of anilines is 2. The van der Waals surface area contributed by atoms with Crippen molar-refractivity contribution >= 4 is 22.7 Å². The second-order valence-electron chi connectivity index (χ2n) is 7.88. The number of nitroso groups, excluding NO2 is 2. The van der Waals surface area contributed by atoms with Crippen LogP contribution < -0.4 is 9.80 Å². The summed E-state index contributed by atoms with van der Waals surface area (Å²) in [6.07, 6.45) is -0.739. The lowest BCUT2D eigenvalue weighted by Crippen LogP contribution is -2.37. The van der Waals surface area contributed by atoms with Crippen LogP contribution in [0.5, 0.6) is 0 Å². The van der Waals surface area contributed by atoms with Crippen molar-refractivity contribution in [3.05, 3.63) is 58.3 Å². The molecule has 0 aliphatic carbocycles. The molecule has 0 amide bonds. The van der Waals surface area contributed by atoms with E-state index in [9.17, 15) is 14.9 Å². The highest BCUT2D eigenvalue weighted by Crippen LogP contribution is 2.20. The number of hydrogen-bond acceptors (Lipinski definition) is 13. The lowest BCUT2D eigenvalue weighted by Gasteiger charge is -2.26. The second-order valence-corrected chi connectivity index (χ2v) is 7.88. The van der Waals surface area contributed by atoms with Crippen LogP contribution in [-0.4, -0.2) is 111 Å². The predicted molar refractivity (Wildman–Crippen MR) is 144 cm³/mol. The second kappa shape index (κ2) is 21.0. The summed E-state index contributed by atoms with van der Waals surface area (Å²) in [5.74, 6) is 0. The van der Waals surface area contributed by atoms with Gasteiger partial charge in [-0.15, -0.1) is 9.81 Å². The molecule has 0 heterocycles. The van der Waals surface area contributed by atoms with Gasteiger partial charge in [0.05, 0.1) is 59.0 Å². The van der Waals surface area contributed by atoms with Crippen LogP contribution in [0.3, 0.4) is 0 Å². The molecule has 0 saturated heterocycles. The Bertz CT molecular complexity index is 872. The first kappa shape index (κ1) is 33.0. The van der Waals surface area contributed by atoms with Gasteiger partial charge in [-0.25, -0.2) is 0 Å². The molecular weight excluding hydrogens is 500 g/mol. The number of aliphatic hydroxyl groups excluding tert-OH is 5. The molecule has 13 heteroatoms. The highest BCUT2D eigenvalue weighted by Gasteiger charge is 2.13. The molecule has 2 rings (SSSR count). The lowest BCUT2D eigenvalue weighted by atomic mass is 10.2. The normalized spacial score (nSPS) is 11.3. The van der Waals surface area contributed by atoms with Gasteiger partial charge in [0.25, 0.3) is 0 Å². The van der Waals surface area contributed by atoms with Crippen LogP contribution >= 0.6 is 0 Å². The lowest BCUT2D eigenvalue weighted by molar-refractivity contribution is 0.0242. The summed E-state index contributed by atoms with van der Waals surface area (Å²) in [6, 6.07) is 13.4. The number of rotatable bonds is 19. The van der Waals surface area contributed by atoms with Crippen LogP contribution in [0, 0.1) is 9.81 Å². The summed E-state index contributed by atoms with van der Waals surface area (Å²) in [7, 11) is 0. The van der Waals surface area contributed by atoms with E-state index in [0.29, 0.717) is 44.2 Å². The van der Waals surface area contributed by atoms with E-state index < -0.39 is 6.10 Å². The van der Waals surface area contributed by atoms with Gasteiger partial charge in [-0.3, -0.25) is 0 Å². The number of benzene rings is 2. The average Bonchev–Trinajstić information content (AvgIpc) is 2.95. The summed E-state index contributed by atoms with van der Waals surface area (Å²) in [5, 5.41) is 50.7. The fourth-order valence-corrected chi connectivity index (χ4v) is 3.32. The van der Waals surface area contributed by atoms with Crippen molar-refractivity contribution in [1.29, 1.82) is 0 Å². The maximum absolute atomic E-state index is 10.4. The molecule has 0 fully saturated rings. The first-order valence-corrected chi connectivity index (χ1v) is 12.2. The van der Waals surface area contributed by atoms with E-state index in [0.717, 1.165) is 11.4 Å². The van der Waals surface area contributed by atoms with Crippen molar-refractivity contribution in [3.63, 3.8) is 0 Å². The molecule has 0 bridgehead atoms. The van der Waals surface area contributed by atoms with Crippen molar-refractivity contribution in [2.75, 3.05) is 88.8 Å². The maximum atomic E-state index is 10.4. The topological polar surface area (TPSA) is 185 Å². The van der Waals surface area contributed by atoms with Crippen molar-refractivity contribution in [2.24, 2.45) is 10.4 Å². The van der Waals surface area contributed by atoms with E-state index in [1.807, 2.05) is 4.90 Å². The molecule has 0 spiro atoms. The minimum atomic E-state index is -0.739. The van der Waals surface area contributed by atoms with Crippen LogP contribution in [0.2, 0.25) is 0 Å². The van der Waals surface area contributed by atoms with Crippen LogP contribution in [0.1, 0.15) is 0 Å². The Balaban J connectivity index is 0.000000382. The third-order valence-corrected chi connectivity index (χ3v) is 5.10. The fraction of sp³-hybridized carbons (Fsp3) is 0.520. The zero-order valence-corrected chi connectivity index (χ0v) is 21.3. The first-order chi connectivity index (χ1) is 18.5. The Labute approximate surface area is 221 Å². The Morgan fingerprint density at radius 1 is 0.632 bits per heavy atom. The van der Waals surface area contributed by atoms with E-state index in [4.69, 9.17) is 29.9 Å². The van der Waals surface area contributed by atoms with Gasteiger partial charge >= 0.3 is 0 Å². The largest absolute Gasteiger partial charge is 0.395 e. The van der Waals surface area contributed by atoms with Crippen molar-refractivity contribution in [3.8, 4) is 0 Å². The van der Waals surface area contributed by atoms with Gasteiger partial charge in [0.15, 0.2) is 0 Å². The standard InChI is InChI=1S/C13H20N2O5.C12H18N2O4/c16-6-5-15(9-13(18)10-20-8-7-17)12-3-1-11(14-19)2-4-12;15-7-5-14(6-9-18-10-8-16)12-3-1-11(13-17)2-4-12/h1-4,13,16-18H,5-10H2;1-4,15-16H,5-10H2. The molecular formula is C25H38N4O9. The van der Waals surface area contributed by atoms with Crippen LogP contribution in [-0.2, 0) is 9.47 Å². The minimum Gasteiger partial charge on any atom is -0.395 e. The van der Waals surface area contributed by atoms with E-state index in [1.54, 1.807) is 53.4 Å². The highest BCUT2D eigenvalue weighted by molar-refractivity contribution is 5.53. The molecule has 5 N–H and O–H groups in total. The molecule has 0 radical (unpaired) electrons. The molecule has 0 aliphatic rings. The molecule has 0 aromatic heterocycles. The van der Waals surface area contributed by atoms with Gasteiger partial charge in [0.2, 0.25) is 0 Å². The predicted octanol–water partition coefficient (Wildman–Crippen LogP) is 1.15. The molecule has 2 aromatic carbocycles. The van der Waals surface area contributed by atoms with Crippen LogP contribution in [0.25, 0.3) is 0 Å². The number of ether oxygens (including phenoxy) is 2. The number of nitrogens with zero attached hydrogens (tertiary/aromatic N) is 4. The SMILES string of the molecule is O=Nc1ccc(N(CCO)CC(O)COCCO)cc1.O=Nc1ccc(N(CCO)CCOCCO)cc1. The quantitative estimate of drug-likeness (QED) is 0.128. The summed E-state index contributed by atoms with van der Waals surface area (Å²) >= 11 is 0. The van der Waals surface area contributed by atoms with Crippen molar-refractivity contribution in [1.82, 2.24) is 0 Å². The van der Waals surface area contributed by atoms with Crippen molar-refractivity contribution < 1.29 is 35.0 Å². The number of hydrogen-bond donors (Lipinski definition) is 5. The summed E-state index contributed by atoms with van der Waals surface area (Å²) < 4.78 is 10.2. The molecule has 212 valence electrons. The zero-order chi connectivity index (χ0) is 28.0. The third-order valence-electron chi connectivity index (χ3n) is 5.10. The van der Waals surface area contributed by atoms with Crippen LogP contribution in [0.4, 0.5) is 22.7 Å². The molecule has 2 aromatic rings. The van der Waals surface area contributed by atoms with Gasteiger partial charge < -0.3 is 44.8 Å². The molecule has 0 aliphatic heterocycles. The molecule has 1 atom stereocenters. The van der Waals surface area contributed by atoms with Crippen LogP contribution in [0.15, 0.2) is 58.9 Å². The van der Waals surface area contributed by atoms with Gasteiger partial charge in [0.1, 0.15) is 11.4 Å². The summed E-state index contributed by atoms with van der Waals surface area (Å²) in [5.41, 5.74) is 2.36. The summed E-state index contributed by atoms with van der Waals surface area (Å²) in [6.45, 7) is 2.66. The van der Waals surface area contributed by atoms with Crippen molar-refractivity contribution in [2.45, 2.75) is 6.10 Å². The summed E-state index contributed by atoms with van der Waals surface area (Å²) in [4.78, 5) is 24.4. The smallest absolute Gasteiger partial charge is 0.108 e. The monoisotopic (exact) mass is 538 g/mol. The first-order valence-electron chi connectivity index (χ1n) is 12.2. The van der Waals surface area contributed by atoms with Gasteiger partial charge in [0, 0.05) is 37.6 Å². The van der Waals surface area contributed by atoms with E-state index in [-0.39, 0.29) is 46.2 Å². The van der Waals surface area contributed by atoms with Gasteiger partial charge in [-0.2, -0.15) is 0 Å². The number of aliphatic hydroxyl groups is 5. The van der Waals surface area contributed by atoms with E-state index in [1.165, 1.54) is 0 Å². The third kappa shape index (κ3) is 13.5.